The molecule has 0 aromatic heterocycles. The summed E-state index contributed by atoms with van der Waals surface area (Å²) in [5.74, 6) is 4.94. The minimum absolute atomic E-state index is 0.0538. The van der Waals surface area contributed by atoms with Crippen LogP contribution in [0.4, 0.5) is 4.79 Å². The van der Waals surface area contributed by atoms with Gasteiger partial charge in [0, 0.05) is 14.2 Å². The predicted octanol–water partition coefficient (Wildman–Crippen LogP) is -0.113. The van der Waals surface area contributed by atoms with Crippen molar-refractivity contribution in [2.45, 2.75) is 12.5 Å². The van der Waals surface area contributed by atoms with Crippen LogP contribution in [-0.4, -0.2) is 51.1 Å². The molecule has 106 valence electrons. The van der Waals surface area contributed by atoms with Crippen LogP contribution < -0.4 is 5.84 Å². The number of hydrogen-bond donors (Lipinski definition) is 1. The fourth-order valence-corrected chi connectivity index (χ4v) is 3.74. The zero-order valence-electron chi connectivity index (χ0n) is 9.94. The molecule has 1 aliphatic heterocycles. The van der Waals surface area contributed by atoms with E-state index in [0.717, 1.165) is 14.2 Å². The molecular weight excluding hydrogens is 287 g/mol. The topological polar surface area (TPSA) is 125 Å². The van der Waals surface area contributed by atoms with Crippen molar-refractivity contribution in [2.75, 3.05) is 25.7 Å². The Hall–Kier alpha value is -0.670. The highest BCUT2D eigenvalue weighted by Gasteiger charge is 2.38. The molecule has 1 atom stereocenters. The molecule has 0 aromatic rings. The Labute approximate surface area is 105 Å². The van der Waals surface area contributed by atoms with E-state index >= 15 is 0 Å². The highest BCUT2D eigenvalue weighted by Crippen LogP contribution is 2.48. The molecule has 1 unspecified atom stereocenters. The zero-order valence-corrected chi connectivity index (χ0v) is 11.6. The van der Waals surface area contributed by atoms with Crippen LogP contribution in [0.1, 0.15) is 6.42 Å². The number of hydrogen-bond acceptors (Lipinski definition) is 8. The Morgan fingerprint density at radius 1 is 1.39 bits per heavy atom. The molecule has 0 bridgehead atoms. The second-order valence-corrected chi connectivity index (χ2v) is 7.91. The first kappa shape index (κ1) is 15.4. The third-order valence-electron chi connectivity index (χ3n) is 2.37. The highest BCUT2D eigenvalue weighted by molar-refractivity contribution is 7.91. The average molecular weight is 302 g/mol. The molecule has 1 fully saturated rings. The summed E-state index contributed by atoms with van der Waals surface area (Å²) in [5.41, 5.74) is 0. The summed E-state index contributed by atoms with van der Waals surface area (Å²) >= 11 is 0. The maximum Gasteiger partial charge on any atom is 0.453 e. The molecule has 0 aromatic carbocycles. The lowest BCUT2D eigenvalue weighted by atomic mass is 10.3. The van der Waals surface area contributed by atoms with E-state index in [9.17, 15) is 17.8 Å². The van der Waals surface area contributed by atoms with Crippen molar-refractivity contribution in [3.63, 3.8) is 0 Å². The molecule has 1 saturated heterocycles. The van der Waals surface area contributed by atoms with Gasteiger partial charge < -0.3 is 4.74 Å². The van der Waals surface area contributed by atoms with E-state index < -0.39 is 29.8 Å². The molecule has 2 N–H and O–H groups in total. The van der Waals surface area contributed by atoms with E-state index in [1.165, 1.54) is 0 Å². The Morgan fingerprint density at radius 2 is 1.94 bits per heavy atom. The van der Waals surface area contributed by atoms with Gasteiger partial charge in [0.15, 0.2) is 9.84 Å². The van der Waals surface area contributed by atoms with Crippen LogP contribution in [0, 0.1) is 0 Å². The van der Waals surface area contributed by atoms with Crippen LogP contribution in [0.5, 0.6) is 0 Å². The van der Waals surface area contributed by atoms with E-state index in [4.69, 9.17) is 10.6 Å². The van der Waals surface area contributed by atoms with Crippen molar-refractivity contribution in [2.24, 2.45) is 5.84 Å². The standard InChI is InChI=1S/C7H15N2O7PS/c1-14-17(11,15-2)9(8)7(10)16-6-3-4-18(12,13)5-6/h6H,3-5,8H2,1-2H3. The molecular formula is C7H15N2O7PS. The normalized spacial score (nSPS) is 22.7. The number of nitrogens with zero attached hydrogens (tertiary/aromatic N) is 1. The van der Waals surface area contributed by atoms with E-state index in [0.29, 0.717) is 0 Å². The van der Waals surface area contributed by atoms with Gasteiger partial charge in [-0.25, -0.2) is 23.6 Å². The number of sulfone groups is 1. The van der Waals surface area contributed by atoms with Gasteiger partial charge in [0.25, 0.3) is 0 Å². The number of carbonyl (C=O) groups is 1. The molecule has 9 nitrogen and oxygen atoms in total. The van der Waals surface area contributed by atoms with Crippen molar-refractivity contribution in [3.05, 3.63) is 0 Å². The summed E-state index contributed by atoms with van der Waals surface area (Å²) in [5, 5.41) is 0. The van der Waals surface area contributed by atoms with Crippen molar-refractivity contribution < 1.29 is 31.6 Å². The summed E-state index contributed by atoms with van der Waals surface area (Å²) in [6.45, 7) is 0. The lowest BCUT2D eigenvalue weighted by molar-refractivity contribution is 0.0819. The van der Waals surface area contributed by atoms with Crippen LogP contribution >= 0.6 is 7.75 Å². The van der Waals surface area contributed by atoms with E-state index in [1.807, 2.05) is 0 Å². The quantitative estimate of drug-likeness (QED) is 0.330. The van der Waals surface area contributed by atoms with Gasteiger partial charge in [-0.05, 0) is 6.42 Å². The average Bonchev–Trinajstić information content (AvgIpc) is 2.66. The van der Waals surface area contributed by atoms with Crippen LogP contribution in [-0.2, 0) is 28.2 Å². The molecule has 0 radical (unpaired) electrons. The van der Waals surface area contributed by atoms with Gasteiger partial charge in [-0.15, -0.1) is 4.78 Å². The summed E-state index contributed by atoms with van der Waals surface area (Å²) in [4.78, 5) is 11.5. The summed E-state index contributed by atoms with van der Waals surface area (Å²) in [6.07, 6.45) is -1.77. The first-order valence-corrected chi connectivity index (χ1v) is 8.23. The van der Waals surface area contributed by atoms with Gasteiger partial charge in [0.1, 0.15) is 6.10 Å². The smallest absolute Gasteiger partial charge is 0.444 e. The van der Waals surface area contributed by atoms with Gasteiger partial charge in [0.05, 0.1) is 11.5 Å². The Kier molecular flexibility index (Phi) is 4.73. The fourth-order valence-electron chi connectivity index (χ4n) is 1.40. The molecule has 0 saturated carbocycles. The van der Waals surface area contributed by atoms with Crippen molar-refractivity contribution >= 4 is 23.7 Å². The van der Waals surface area contributed by atoms with Gasteiger partial charge in [-0.2, -0.15) is 0 Å². The number of rotatable bonds is 4. The largest absolute Gasteiger partial charge is 0.453 e. The number of ether oxygens (including phenoxy) is 1. The third kappa shape index (κ3) is 3.42. The number of nitrogens with two attached hydrogens (primary N) is 1. The SMILES string of the molecule is COP(=O)(OC)N(N)C(=O)OC1CCS(=O)(=O)C1. The van der Waals surface area contributed by atoms with Gasteiger partial charge in [0.2, 0.25) is 0 Å². The maximum absolute atomic E-state index is 11.7. The first-order chi connectivity index (χ1) is 8.24. The van der Waals surface area contributed by atoms with Crippen LogP contribution in [0.25, 0.3) is 0 Å². The fraction of sp³-hybridized carbons (Fsp3) is 0.857. The van der Waals surface area contributed by atoms with E-state index in [1.54, 1.807) is 0 Å². The molecule has 0 aliphatic carbocycles. The Bertz CT molecular complexity index is 456. The van der Waals surface area contributed by atoms with Crippen molar-refractivity contribution in [1.29, 1.82) is 0 Å². The minimum atomic E-state index is -3.93. The highest BCUT2D eigenvalue weighted by atomic mass is 32.2. The second-order valence-electron chi connectivity index (χ2n) is 3.59. The minimum Gasteiger partial charge on any atom is -0.444 e. The van der Waals surface area contributed by atoms with Crippen LogP contribution in [0.2, 0.25) is 0 Å². The first-order valence-electron chi connectivity index (χ1n) is 4.92. The predicted molar refractivity (Wildman–Crippen MR) is 61.2 cm³/mol. The second kappa shape index (κ2) is 5.54. The van der Waals surface area contributed by atoms with Gasteiger partial charge in [-0.3, -0.25) is 9.05 Å². The van der Waals surface area contributed by atoms with Crippen molar-refractivity contribution in [3.8, 4) is 0 Å². The zero-order chi connectivity index (χ0) is 14.0. The molecule has 1 aliphatic rings. The Morgan fingerprint density at radius 3 is 2.33 bits per heavy atom. The molecule has 1 heterocycles. The summed E-state index contributed by atoms with van der Waals surface area (Å²) in [7, 11) is -5.01. The molecule has 18 heavy (non-hydrogen) atoms. The van der Waals surface area contributed by atoms with E-state index in [2.05, 4.69) is 9.05 Å². The number of carbonyl (C=O) groups excluding carboxylic acids is 1. The lowest BCUT2D eigenvalue weighted by Crippen LogP contribution is -2.38. The monoisotopic (exact) mass is 302 g/mol. The number of amides is 1. The van der Waals surface area contributed by atoms with Crippen molar-refractivity contribution in [1.82, 2.24) is 4.78 Å². The van der Waals surface area contributed by atoms with Crippen LogP contribution in [0.3, 0.4) is 0 Å². The third-order valence-corrected chi connectivity index (χ3v) is 5.72. The maximum atomic E-state index is 11.7. The van der Waals surface area contributed by atoms with Gasteiger partial charge >= 0.3 is 13.8 Å². The summed E-state index contributed by atoms with van der Waals surface area (Å²) < 4.78 is 48.0. The van der Waals surface area contributed by atoms with Crippen LogP contribution in [0.15, 0.2) is 0 Å². The lowest BCUT2D eigenvalue weighted by Gasteiger charge is -2.23. The molecule has 1 rings (SSSR count). The summed E-state index contributed by atoms with van der Waals surface area (Å²) in [6, 6.07) is 0. The molecule has 0 spiro atoms. The Balaban J connectivity index is 2.64. The number of hydrazine groups is 1. The molecule has 11 heteroatoms. The van der Waals surface area contributed by atoms with E-state index in [-0.39, 0.29) is 22.7 Å². The van der Waals surface area contributed by atoms with Gasteiger partial charge in [-0.1, -0.05) is 0 Å². The molecule has 1 amide bonds.